The molecule has 0 radical (unpaired) electrons. The lowest BCUT2D eigenvalue weighted by Gasteiger charge is -2.41. The van der Waals surface area contributed by atoms with Crippen molar-refractivity contribution in [2.24, 2.45) is 4.99 Å². The third-order valence-electron chi connectivity index (χ3n) is 11.7. The number of amidine groups is 1. The molecule has 2 saturated heterocycles. The van der Waals surface area contributed by atoms with Crippen LogP contribution in [0, 0.1) is 11.6 Å². The molecule has 65 heavy (non-hydrogen) atoms. The van der Waals surface area contributed by atoms with Gasteiger partial charge in [-0.05, 0) is 74.7 Å². The Kier molecular flexibility index (Phi) is 12.2. The van der Waals surface area contributed by atoms with E-state index in [-0.39, 0.29) is 94.5 Å². The minimum Gasteiger partial charge on any atom is -0.454 e. The summed E-state index contributed by atoms with van der Waals surface area (Å²) in [6.07, 6.45) is 2.59. The van der Waals surface area contributed by atoms with E-state index in [9.17, 15) is 33.6 Å². The third kappa shape index (κ3) is 8.04. The number of piperazine rings is 1. The molecule has 19 heteroatoms. The summed E-state index contributed by atoms with van der Waals surface area (Å²) in [7, 11) is 1.49. The second kappa shape index (κ2) is 18.1. The monoisotopic (exact) mass is 887 g/mol. The molecule has 8 rings (SSSR count). The number of carbonyl (C=O) groups excluding carboxylic acids is 7. The topological polar surface area (TPSA) is 203 Å². The molecule has 17 nitrogen and oxygen atoms in total. The predicted molar refractivity (Wildman–Crippen MR) is 233 cm³/mol. The van der Waals surface area contributed by atoms with Crippen LogP contribution in [0.5, 0.6) is 11.5 Å². The molecular formula is C46H43F2N9O8. The number of imide groups is 2. The molecule has 0 spiro atoms. The van der Waals surface area contributed by atoms with Gasteiger partial charge >= 0.3 is 0 Å². The summed E-state index contributed by atoms with van der Waals surface area (Å²) in [5, 5.41) is 8.24. The number of aromatic nitrogens is 1. The van der Waals surface area contributed by atoms with Crippen molar-refractivity contribution in [1.82, 2.24) is 30.3 Å². The maximum Gasteiger partial charge on any atom is 0.264 e. The first-order valence-electron chi connectivity index (χ1n) is 20.9. The SMILES string of the molecule is C=CC(=O)N1CCN(C(=NC)c2cc(F)c3nc2N(C=O)c2c(cccc2C(=O)NCCCCNc2cccc4c2C(=O)N(C2CCC(=O)NC2=O)C4=O)Oc2cccc(F)c2-3)C(C)C1. The Morgan fingerprint density at radius 3 is 2.45 bits per heavy atom. The van der Waals surface area contributed by atoms with Crippen molar-refractivity contribution in [3.05, 3.63) is 107 Å². The zero-order valence-electron chi connectivity index (χ0n) is 35.4. The van der Waals surface area contributed by atoms with Gasteiger partial charge in [-0.3, -0.25) is 53.7 Å². The number of aliphatic imine (C=N–C) groups is 1. The number of anilines is 3. The van der Waals surface area contributed by atoms with Gasteiger partial charge in [-0.25, -0.2) is 13.8 Å². The fourth-order valence-corrected chi connectivity index (χ4v) is 8.62. The van der Waals surface area contributed by atoms with Crippen LogP contribution >= 0.6 is 0 Å². The van der Waals surface area contributed by atoms with Crippen LogP contribution in [0.4, 0.5) is 26.0 Å². The molecule has 334 valence electrons. The molecule has 4 aliphatic heterocycles. The van der Waals surface area contributed by atoms with E-state index in [1.54, 1.807) is 17.0 Å². The second-order valence-corrected chi connectivity index (χ2v) is 15.7. The van der Waals surface area contributed by atoms with E-state index in [0.29, 0.717) is 44.6 Å². The summed E-state index contributed by atoms with van der Waals surface area (Å²) in [5.41, 5.74) is -0.108. The number of rotatable bonds is 11. The second-order valence-electron chi connectivity index (χ2n) is 15.7. The van der Waals surface area contributed by atoms with Crippen molar-refractivity contribution >= 4 is 64.9 Å². The molecule has 3 aromatic carbocycles. The molecule has 0 saturated carbocycles. The number of hydrogen-bond donors (Lipinski definition) is 3. The third-order valence-corrected chi connectivity index (χ3v) is 11.7. The highest BCUT2D eigenvalue weighted by molar-refractivity contribution is 6.25. The fourth-order valence-electron chi connectivity index (χ4n) is 8.62. The first-order valence-corrected chi connectivity index (χ1v) is 20.9. The quantitative estimate of drug-likeness (QED) is 0.0477. The largest absolute Gasteiger partial charge is 0.454 e. The maximum atomic E-state index is 16.4. The van der Waals surface area contributed by atoms with Gasteiger partial charge in [-0.2, -0.15) is 0 Å². The van der Waals surface area contributed by atoms with Gasteiger partial charge in [0.2, 0.25) is 24.1 Å². The van der Waals surface area contributed by atoms with E-state index < -0.39 is 52.9 Å². The Labute approximate surface area is 371 Å². The lowest BCUT2D eigenvalue weighted by molar-refractivity contribution is -0.136. The number of unbranched alkanes of at least 4 members (excludes halogenated alkanes) is 1. The van der Waals surface area contributed by atoms with Gasteiger partial charge in [0.05, 0.1) is 27.8 Å². The van der Waals surface area contributed by atoms with E-state index in [2.05, 4.69) is 32.5 Å². The summed E-state index contributed by atoms with van der Waals surface area (Å²) in [5.74, 6) is -5.13. The smallest absolute Gasteiger partial charge is 0.264 e. The van der Waals surface area contributed by atoms with E-state index >= 15 is 8.78 Å². The number of amides is 7. The highest BCUT2D eigenvalue weighted by Gasteiger charge is 2.45. The van der Waals surface area contributed by atoms with E-state index in [4.69, 9.17) is 4.74 Å². The van der Waals surface area contributed by atoms with Gasteiger partial charge in [0, 0.05) is 57.9 Å². The van der Waals surface area contributed by atoms with Gasteiger partial charge in [0.15, 0.2) is 17.4 Å². The Morgan fingerprint density at radius 1 is 0.954 bits per heavy atom. The van der Waals surface area contributed by atoms with Crippen LogP contribution in [0.25, 0.3) is 11.3 Å². The van der Waals surface area contributed by atoms with Crippen molar-refractivity contribution in [2.45, 2.75) is 44.7 Å². The van der Waals surface area contributed by atoms with Crippen molar-refractivity contribution in [3.8, 4) is 22.8 Å². The number of fused-ring (bicyclic) bond motifs is 6. The molecule has 5 heterocycles. The maximum absolute atomic E-state index is 16.4. The van der Waals surface area contributed by atoms with Crippen LogP contribution in [0.15, 0.2) is 78.3 Å². The number of piperidine rings is 1. The summed E-state index contributed by atoms with van der Waals surface area (Å²) in [6, 6.07) is 12.9. The lowest BCUT2D eigenvalue weighted by Crippen LogP contribution is -2.55. The van der Waals surface area contributed by atoms with Gasteiger partial charge in [0.1, 0.15) is 34.8 Å². The average Bonchev–Trinajstić information content (AvgIpc) is 3.57. The van der Waals surface area contributed by atoms with Gasteiger partial charge < -0.3 is 25.2 Å². The minimum atomic E-state index is -1.10. The van der Waals surface area contributed by atoms with E-state index in [1.165, 1.54) is 49.5 Å². The normalized spacial score (nSPS) is 18.1. The first kappa shape index (κ1) is 43.8. The number of para-hydroxylation sites is 1. The molecule has 2 bridgehead atoms. The number of nitrogens with one attached hydrogen (secondary N) is 3. The molecule has 2 fully saturated rings. The molecule has 3 N–H and O–H groups in total. The van der Waals surface area contributed by atoms with Crippen LogP contribution in [0.1, 0.15) is 69.2 Å². The number of hydrogen-bond acceptors (Lipinski definition) is 11. The zero-order valence-corrected chi connectivity index (χ0v) is 35.4. The Balaban J connectivity index is 1.03. The molecule has 2 atom stereocenters. The van der Waals surface area contributed by atoms with Crippen molar-refractivity contribution < 1.29 is 47.1 Å². The fraction of sp³-hybridized carbons (Fsp3) is 0.283. The number of pyridine rings is 1. The molecule has 4 aliphatic rings. The average molecular weight is 888 g/mol. The van der Waals surface area contributed by atoms with Gasteiger partial charge in [-0.1, -0.05) is 24.8 Å². The first-order chi connectivity index (χ1) is 31.4. The molecular weight excluding hydrogens is 845 g/mol. The number of nitrogens with zero attached hydrogens (tertiary/aromatic N) is 6. The molecule has 7 amide bonds. The standard InChI is InChI=1S/C46H43F2N9O8/c1-4-36(60)54-20-21-55(25(2)23-54)41(49-3)28-22-30(48)39-38-29(47)12-9-14-33(38)65-34-15-8-11-27(40(34)56(24-58)42(28)53-39)43(61)51-19-6-5-18-50-31-13-7-10-26-37(31)46(64)57(45(26)63)32-16-17-35(59)52-44(32)62/h4,7-15,22,24-25,32,50H,1,5-6,16-21,23H2,2-3H3,(H,51,61)(H,52,59,62). The van der Waals surface area contributed by atoms with E-state index in [1.807, 2.05) is 11.8 Å². The molecule has 0 aliphatic carbocycles. The molecule has 4 aromatic rings. The van der Waals surface area contributed by atoms with Crippen LogP contribution in [-0.4, -0.2) is 119 Å². The van der Waals surface area contributed by atoms with Crippen LogP contribution in [-0.2, 0) is 19.2 Å². The molecule has 2 unspecified atom stereocenters. The van der Waals surface area contributed by atoms with Crippen molar-refractivity contribution in [1.29, 1.82) is 0 Å². The number of ether oxygens (including phenoxy) is 1. The van der Waals surface area contributed by atoms with Gasteiger partial charge in [0.25, 0.3) is 17.7 Å². The van der Waals surface area contributed by atoms with Crippen LogP contribution in [0.3, 0.4) is 0 Å². The van der Waals surface area contributed by atoms with Crippen LogP contribution < -0.4 is 25.6 Å². The number of carbonyl (C=O) groups is 7. The van der Waals surface area contributed by atoms with Crippen molar-refractivity contribution in [3.63, 3.8) is 0 Å². The van der Waals surface area contributed by atoms with Crippen molar-refractivity contribution in [2.75, 3.05) is 50.0 Å². The van der Waals surface area contributed by atoms with Gasteiger partial charge in [-0.15, -0.1) is 0 Å². The number of halogens is 2. The number of benzene rings is 3. The van der Waals surface area contributed by atoms with E-state index in [0.717, 1.165) is 21.9 Å². The highest BCUT2D eigenvalue weighted by Crippen LogP contribution is 2.46. The summed E-state index contributed by atoms with van der Waals surface area (Å²) in [4.78, 5) is 105. The Bertz CT molecular complexity index is 2730. The summed E-state index contributed by atoms with van der Waals surface area (Å²) < 4.78 is 38.3. The molecule has 1 aromatic heterocycles. The summed E-state index contributed by atoms with van der Waals surface area (Å²) in [6.45, 7) is 6.80. The zero-order chi connectivity index (χ0) is 46.1. The lowest BCUT2D eigenvalue weighted by atomic mass is 10.0. The summed E-state index contributed by atoms with van der Waals surface area (Å²) >= 11 is 0. The Morgan fingerprint density at radius 2 is 1.71 bits per heavy atom. The Hall–Kier alpha value is -7.83. The highest BCUT2D eigenvalue weighted by atomic mass is 19.1. The predicted octanol–water partition coefficient (Wildman–Crippen LogP) is 4.55. The minimum absolute atomic E-state index is 0.000491. The van der Waals surface area contributed by atoms with Crippen LogP contribution in [0.2, 0.25) is 0 Å².